The third-order valence-electron chi connectivity index (χ3n) is 6.60. The predicted octanol–water partition coefficient (Wildman–Crippen LogP) is 4.90. The fraction of sp³-hybridized carbons (Fsp3) is 0.167. The highest BCUT2D eigenvalue weighted by Gasteiger charge is 2.44. The van der Waals surface area contributed by atoms with E-state index >= 15 is 0 Å². The van der Waals surface area contributed by atoms with E-state index in [1.807, 2.05) is 84.9 Å². The monoisotopic (exact) mass is 493 g/mol. The predicted molar refractivity (Wildman–Crippen MR) is 141 cm³/mol. The summed E-state index contributed by atoms with van der Waals surface area (Å²) >= 11 is 0. The van der Waals surface area contributed by atoms with Gasteiger partial charge in [-0.3, -0.25) is 19.5 Å². The first-order chi connectivity index (χ1) is 18.1. The van der Waals surface area contributed by atoms with Crippen LogP contribution in [0.4, 0.5) is 5.69 Å². The van der Waals surface area contributed by atoms with Crippen LogP contribution in [0.25, 0.3) is 0 Å². The molecule has 5 rings (SSSR count). The van der Waals surface area contributed by atoms with E-state index in [-0.39, 0.29) is 18.4 Å². The highest BCUT2D eigenvalue weighted by atomic mass is 16.5. The average Bonchev–Trinajstić information content (AvgIpc) is 2.96. The average molecular weight is 494 g/mol. The molecule has 1 N–H and O–H groups in total. The Kier molecular flexibility index (Phi) is 6.85. The Morgan fingerprint density at radius 3 is 2.16 bits per heavy atom. The number of pyridine rings is 1. The van der Waals surface area contributed by atoms with Gasteiger partial charge in [-0.25, -0.2) is 0 Å². The zero-order valence-corrected chi connectivity index (χ0v) is 20.6. The summed E-state index contributed by atoms with van der Waals surface area (Å²) in [6.07, 6.45) is 1.70. The number of benzene rings is 3. The first-order valence-electron chi connectivity index (χ1n) is 12.0. The van der Waals surface area contributed by atoms with Crippen molar-refractivity contribution >= 4 is 17.5 Å². The minimum absolute atomic E-state index is 0.171. The SMILES string of the molecule is COc1ccc(C2C(C(=O)NCc3ccccn3)c3ccccc3C(=O)N2c2ccc(OC)cc2)cc1. The molecule has 0 bridgehead atoms. The minimum atomic E-state index is -0.659. The summed E-state index contributed by atoms with van der Waals surface area (Å²) in [5, 5.41) is 3.05. The van der Waals surface area contributed by atoms with E-state index in [1.165, 1.54) is 0 Å². The van der Waals surface area contributed by atoms with Crippen molar-refractivity contribution < 1.29 is 19.1 Å². The van der Waals surface area contributed by atoms with Crippen LogP contribution in [0.1, 0.15) is 39.1 Å². The topological polar surface area (TPSA) is 80.8 Å². The lowest BCUT2D eigenvalue weighted by molar-refractivity contribution is -0.123. The number of carbonyl (C=O) groups excluding carboxylic acids is 2. The summed E-state index contributed by atoms with van der Waals surface area (Å²) in [4.78, 5) is 33.9. The molecule has 1 aromatic heterocycles. The van der Waals surface area contributed by atoms with Gasteiger partial charge in [-0.15, -0.1) is 0 Å². The molecule has 0 spiro atoms. The van der Waals surface area contributed by atoms with Crippen LogP contribution in [-0.2, 0) is 11.3 Å². The van der Waals surface area contributed by atoms with Crippen molar-refractivity contribution in [2.24, 2.45) is 0 Å². The summed E-state index contributed by atoms with van der Waals surface area (Å²) in [5.74, 6) is 0.353. The smallest absolute Gasteiger partial charge is 0.259 e. The number of rotatable bonds is 7. The molecule has 0 aliphatic carbocycles. The number of amides is 2. The van der Waals surface area contributed by atoms with Gasteiger partial charge in [-0.05, 0) is 65.7 Å². The van der Waals surface area contributed by atoms with Crippen LogP contribution in [0.15, 0.2) is 97.2 Å². The van der Waals surface area contributed by atoms with Gasteiger partial charge in [-0.2, -0.15) is 0 Å². The zero-order chi connectivity index (χ0) is 25.8. The van der Waals surface area contributed by atoms with E-state index in [0.29, 0.717) is 28.3 Å². The molecule has 2 amide bonds. The maximum absolute atomic E-state index is 14.0. The van der Waals surface area contributed by atoms with Gasteiger partial charge >= 0.3 is 0 Å². The third-order valence-corrected chi connectivity index (χ3v) is 6.60. The van der Waals surface area contributed by atoms with Crippen molar-refractivity contribution in [3.05, 3.63) is 120 Å². The molecule has 0 radical (unpaired) electrons. The van der Waals surface area contributed by atoms with Crippen molar-refractivity contribution in [1.29, 1.82) is 0 Å². The van der Waals surface area contributed by atoms with E-state index in [9.17, 15) is 9.59 Å². The van der Waals surface area contributed by atoms with Gasteiger partial charge in [0.15, 0.2) is 0 Å². The van der Waals surface area contributed by atoms with Gasteiger partial charge in [0.2, 0.25) is 5.91 Å². The second kappa shape index (κ2) is 10.5. The molecule has 1 aliphatic heterocycles. The molecule has 2 unspecified atom stereocenters. The van der Waals surface area contributed by atoms with E-state index < -0.39 is 12.0 Å². The minimum Gasteiger partial charge on any atom is -0.497 e. The Hall–Kier alpha value is -4.65. The molecule has 2 atom stereocenters. The lowest BCUT2D eigenvalue weighted by Crippen LogP contribution is -2.47. The van der Waals surface area contributed by atoms with E-state index in [2.05, 4.69) is 10.3 Å². The molecule has 4 aromatic rings. The highest BCUT2D eigenvalue weighted by Crippen LogP contribution is 2.45. The summed E-state index contributed by atoms with van der Waals surface area (Å²) < 4.78 is 10.7. The van der Waals surface area contributed by atoms with Crippen LogP contribution >= 0.6 is 0 Å². The second-order valence-corrected chi connectivity index (χ2v) is 8.69. The van der Waals surface area contributed by atoms with Gasteiger partial charge in [0.1, 0.15) is 11.5 Å². The molecule has 37 heavy (non-hydrogen) atoms. The first-order valence-corrected chi connectivity index (χ1v) is 12.0. The molecule has 7 nitrogen and oxygen atoms in total. The third kappa shape index (κ3) is 4.76. The number of nitrogens with zero attached hydrogens (tertiary/aromatic N) is 2. The molecule has 0 saturated heterocycles. The number of hydrogen-bond donors (Lipinski definition) is 1. The number of ether oxygens (including phenoxy) is 2. The maximum Gasteiger partial charge on any atom is 0.259 e. The molecule has 1 aliphatic rings. The van der Waals surface area contributed by atoms with Crippen LogP contribution in [0.3, 0.4) is 0 Å². The number of fused-ring (bicyclic) bond motifs is 1. The Balaban J connectivity index is 1.63. The number of nitrogens with one attached hydrogen (secondary N) is 1. The van der Waals surface area contributed by atoms with Crippen LogP contribution in [0.2, 0.25) is 0 Å². The normalized spacial score (nSPS) is 16.6. The van der Waals surface area contributed by atoms with Crippen molar-refractivity contribution in [2.45, 2.75) is 18.5 Å². The molecule has 2 heterocycles. The maximum atomic E-state index is 14.0. The van der Waals surface area contributed by atoms with Crippen LogP contribution in [-0.4, -0.2) is 31.0 Å². The van der Waals surface area contributed by atoms with Crippen molar-refractivity contribution in [2.75, 3.05) is 19.1 Å². The molecule has 3 aromatic carbocycles. The summed E-state index contributed by atoms with van der Waals surface area (Å²) in [6, 6.07) is 27.1. The zero-order valence-electron chi connectivity index (χ0n) is 20.6. The Bertz CT molecular complexity index is 1390. The standard InChI is InChI=1S/C30H27N3O4/c1-36-23-14-10-20(11-15-23)28-27(29(34)32-19-21-7-5-6-18-31-21)25-8-3-4-9-26(25)30(35)33(28)22-12-16-24(37-2)17-13-22/h3-18,27-28H,19H2,1-2H3,(H,32,34). The van der Waals surface area contributed by atoms with Crippen molar-refractivity contribution in [3.8, 4) is 11.5 Å². The molecule has 0 saturated carbocycles. The van der Waals surface area contributed by atoms with Gasteiger partial charge < -0.3 is 14.8 Å². The summed E-state index contributed by atoms with van der Waals surface area (Å²) in [7, 11) is 3.20. The number of carbonyl (C=O) groups is 2. The lowest BCUT2D eigenvalue weighted by atomic mass is 9.78. The summed E-state index contributed by atoms with van der Waals surface area (Å²) in [6.45, 7) is 0.282. The Morgan fingerprint density at radius 2 is 1.51 bits per heavy atom. The Labute approximate surface area is 215 Å². The lowest BCUT2D eigenvalue weighted by Gasteiger charge is -2.42. The molecule has 186 valence electrons. The van der Waals surface area contributed by atoms with E-state index in [1.54, 1.807) is 31.4 Å². The van der Waals surface area contributed by atoms with E-state index in [4.69, 9.17) is 9.47 Å². The number of aromatic nitrogens is 1. The number of hydrogen-bond acceptors (Lipinski definition) is 5. The van der Waals surface area contributed by atoms with Gasteiger partial charge in [0.25, 0.3) is 5.91 Å². The van der Waals surface area contributed by atoms with Gasteiger partial charge in [0, 0.05) is 17.4 Å². The fourth-order valence-electron chi connectivity index (χ4n) is 4.78. The largest absolute Gasteiger partial charge is 0.497 e. The fourth-order valence-corrected chi connectivity index (χ4v) is 4.78. The van der Waals surface area contributed by atoms with Crippen molar-refractivity contribution in [1.82, 2.24) is 10.3 Å². The number of methoxy groups -OCH3 is 2. The van der Waals surface area contributed by atoms with Gasteiger partial charge in [-0.1, -0.05) is 36.4 Å². The molecular formula is C30H27N3O4. The van der Waals surface area contributed by atoms with Crippen molar-refractivity contribution in [3.63, 3.8) is 0 Å². The molecule has 7 heteroatoms. The van der Waals surface area contributed by atoms with Crippen LogP contribution in [0, 0.1) is 0 Å². The van der Waals surface area contributed by atoms with Crippen LogP contribution in [0.5, 0.6) is 11.5 Å². The highest BCUT2D eigenvalue weighted by molar-refractivity contribution is 6.11. The van der Waals surface area contributed by atoms with Crippen LogP contribution < -0.4 is 19.7 Å². The Morgan fingerprint density at radius 1 is 0.865 bits per heavy atom. The summed E-state index contributed by atoms with van der Waals surface area (Å²) in [5.41, 5.74) is 3.43. The molecular weight excluding hydrogens is 466 g/mol. The quantitative estimate of drug-likeness (QED) is 0.396. The van der Waals surface area contributed by atoms with Gasteiger partial charge in [0.05, 0.1) is 38.4 Å². The van der Waals surface area contributed by atoms with E-state index in [0.717, 1.165) is 11.3 Å². The molecule has 0 fully saturated rings. The second-order valence-electron chi connectivity index (χ2n) is 8.69. The number of anilines is 1. The first kappa shape index (κ1) is 24.1.